The van der Waals surface area contributed by atoms with Gasteiger partial charge < -0.3 is 15.4 Å². The van der Waals surface area contributed by atoms with Gasteiger partial charge in [0.1, 0.15) is 5.75 Å². The van der Waals surface area contributed by atoms with Crippen LogP contribution in [0.1, 0.15) is 16.7 Å². The average Bonchev–Trinajstić information content (AvgIpc) is 2.71. The zero-order chi connectivity index (χ0) is 21.7. The first-order valence-electron chi connectivity index (χ1n) is 9.29. The molecule has 0 radical (unpaired) electrons. The van der Waals surface area contributed by atoms with E-state index in [4.69, 9.17) is 39.5 Å². The minimum Gasteiger partial charge on any atom is -0.482 e. The summed E-state index contributed by atoms with van der Waals surface area (Å²) in [6.07, 6.45) is 0. The van der Waals surface area contributed by atoms with Gasteiger partial charge in [-0.3, -0.25) is 4.79 Å². The Morgan fingerprint density at radius 1 is 0.833 bits per heavy atom. The van der Waals surface area contributed by atoms with Gasteiger partial charge in [0, 0.05) is 17.9 Å². The van der Waals surface area contributed by atoms with Crippen LogP contribution < -0.4 is 15.4 Å². The number of hydrogen-bond acceptors (Lipinski definition) is 3. The molecule has 0 fully saturated rings. The van der Waals surface area contributed by atoms with E-state index in [1.165, 1.54) is 5.56 Å². The maximum Gasteiger partial charge on any atom is 0.262 e. The molecule has 0 aliphatic heterocycles. The molecule has 0 bridgehead atoms. The molecule has 30 heavy (non-hydrogen) atoms. The Morgan fingerprint density at radius 2 is 1.60 bits per heavy atom. The van der Waals surface area contributed by atoms with Crippen molar-refractivity contribution in [3.05, 3.63) is 86.4 Å². The molecule has 156 valence electrons. The number of carbonyl (C=O) groups excluding carboxylic acids is 1. The molecule has 7 heteroatoms. The first kappa shape index (κ1) is 22.3. The van der Waals surface area contributed by atoms with Crippen molar-refractivity contribution in [2.45, 2.75) is 20.4 Å². The number of nitrogens with one attached hydrogen (secondary N) is 2. The number of halogens is 3. The van der Waals surface area contributed by atoms with E-state index >= 15 is 0 Å². The number of anilines is 2. The number of ether oxygens (including phenoxy) is 1. The summed E-state index contributed by atoms with van der Waals surface area (Å²) in [7, 11) is 0. The molecule has 3 aromatic rings. The Hall–Kier alpha value is -2.40. The number of rotatable bonds is 7. The molecule has 2 N–H and O–H groups in total. The van der Waals surface area contributed by atoms with Crippen LogP contribution in [-0.4, -0.2) is 12.5 Å². The third-order valence-electron chi connectivity index (χ3n) is 4.56. The van der Waals surface area contributed by atoms with E-state index in [2.05, 4.69) is 10.6 Å². The molecule has 0 spiro atoms. The highest BCUT2D eigenvalue weighted by Gasteiger charge is 2.08. The molecule has 0 saturated carbocycles. The average molecular weight is 464 g/mol. The van der Waals surface area contributed by atoms with Crippen LogP contribution in [0.3, 0.4) is 0 Å². The van der Waals surface area contributed by atoms with Crippen LogP contribution in [0.15, 0.2) is 54.6 Å². The Kier molecular flexibility index (Phi) is 7.48. The van der Waals surface area contributed by atoms with Crippen molar-refractivity contribution in [1.29, 1.82) is 0 Å². The molecule has 0 atom stereocenters. The SMILES string of the molecule is Cc1ccc(NC(=O)COc2ccc(CNc3ccc(Cl)c(Cl)c3)cc2Cl)cc1C. The summed E-state index contributed by atoms with van der Waals surface area (Å²) in [6, 6.07) is 16.5. The summed E-state index contributed by atoms with van der Waals surface area (Å²) >= 11 is 18.3. The van der Waals surface area contributed by atoms with Crippen molar-refractivity contribution in [2.75, 3.05) is 17.2 Å². The van der Waals surface area contributed by atoms with Crippen LogP contribution in [0.2, 0.25) is 15.1 Å². The summed E-state index contributed by atoms with van der Waals surface area (Å²) in [6.45, 7) is 4.44. The largest absolute Gasteiger partial charge is 0.482 e. The highest BCUT2D eigenvalue weighted by molar-refractivity contribution is 6.42. The molecule has 3 rings (SSSR count). The van der Waals surface area contributed by atoms with Crippen molar-refractivity contribution in [2.24, 2.45) is 0 Å². The van der Waals surface area contributed by atoms with Crippen molar-refractivity contribution in [3.8, 4) is 5.75 Å². The molecule has 0 heterocycles. The van der Waals surface area contributed by atoms with E-state index < -0.39 is 0 Å². The topological polar surface area (TPSA) is 50.4 Å². The minimum atomic E-state index is -0.250. The molecule has 0 unspecified atom stereocenters. The van der Waals surface area contributed by atoms with Gasteiger partial charge in [-0.25, -0.2) is 0 Å². The Morgan fingerprint density at radius 3 is 2.30 bits per heavy atom. The normalized spacial score (nSPS) is 10.6. The van der Waals surface area contributed by atoms with Crippen molar-refractivity contribution < 1.29 is 9.53 Å². The lowest BCUT2D eigenvalue weighted by Gasteiger charge is -2.12. The third kappa shape index (κ3) is 6.05. The summed E-state index contributed by atoms with van der Waals surface area (Å²) in [5.74, 6) is 0.199. The molecule has 4 nitrogen and oxygen atoms in total. The second-order valence-corrected chi connectivity index (χ2v) is 8.10. The molecule has 0 aromatic heterocycles. The number of hydrogen-bond donors (Lipinski definition) is 2. The van der Waals surface area contributed by atoms with Gasteiger partial charge in [0.25, 0.3) is 5.91 Å². The Bertz CT molecular complexity index is 1070. The van der Waals surface area contributed by atoms with Crippen LogP contribution in [0.5, 0.6) is 5.75 Å². The van der Waals surface area contributed by atoms with Gasteiger partial charge in [-0.15, -0.1) is 0 Å². The first-order valence-corrected chi connectivity index (χ1v) is 10.4. The lowest BCUT2D eigenvalue weighted by molar-refractivity contribution is -0.118. The second-order valence-electron chi connectivity index (χ2n) is 6.88. The Labute approximate surface area is 191 Å². The van der Waals surface area contributed by atoms with Gasteiger partial charge in [-0.05, 0) is 73.0 Å². The summed E-state index contributed by atoms with van der Waals surface area (Å²) in [4.78, 5) is 12.2. The van der Waals surface area contributed by atoms with Gasteiger partial charge in [0.15, 0.2) is 6.61 Å². The molecule has 0 saturated heterocycles. The van der Waals surface area contributed by atoms with E-state index in [0.717, 1.165) is 22.5 Å². The smallest absolute Gasteiger partial charge is 0.262 e. The molecular formula is C23H21Cl3N2O2. The summed E-state index contributed by atoms with van der Waals surface area (Å²) < 4.78 is 5.57. The van der Waals surface area contributed by atoms with Crippen LogP contribution in [0, 0.1) is 13.8 Å². The van der Waals surface area contributed by atoms with E-state index in [1.54, 1.807) is 24.3 Å². The van der Waals surface area contributed by atoms with Gasteiger partial charge >= 0.3 is 0 Å². The third-order valence-corrected chi connectivity index (χ3v) is 5.60. The fourth-order valence-electron chi connectivity index (χ4n) is 2.74. The molecule has 1 amide bonds. The minimum absolute atomic E-state index is 0.131. The molecular weight excluding hydrogens is 443 g/mol. The molecule has 0 aliphatic carbocycles. The highest BCUT2D eigenvalue weighted by atomic mass is 35.5. The van der Waals surface area contributed by atoms with Gasteiger partial charge in [-0.2, -0.15) is 0 Å². The fourth-order valence-corrected chi connectivity index (χ4v) is 3.30. The lowest BCUT2D eigenvalue weighted by Crippen LogP contribution is -2.20. The first-order chi connectivity index (χ1) is 14.3. The van der Waals surface area contributed by atoms with E-state index in [1.807, 2.05) is 44.2 Å². The highest BCUT2D eigenvalue weighted by Crippen LogP contribution is 2.28. The van der Waals surface area contributed by atoms with Crippen LogP contribution in [0.25, 0.3) is 0 Å². The van der Waals surface area contributed by atoms with Gasteiger partial charge in [0.05, 0.1) is 15.1 Å². The van der Waals surface area contributed by atoms with E-state index in [-0.39, 0.29) is 12.5 Å². The van der Waals surface area contributed by atoms with Crippen LogP contribution >= 0.6 is 34.8 Å². The standard InChI is InChI=1S/C23H21Cl3N2O2/c1-14-3-5-18(9-15(14)2)28-23(29)13-30-22-8-4-16(10-21(22)26)12-27-17-6-7-19(24)20(25)11-17/h3-11,27H,12-13H2,1-2H3,(H,28,29). The lowest BCUT2D eigenvalue weighted by atomic mass is 10.1. The van der Waals surface area contributed by atoms with Gasteiger partial charge in [0.2, 0.25) is 0 Å². The van der Waals surface area contributed by atoms with E-state index in [0.29, 0.717) is 27.4 Å². The maximum absolute atomic E-state index is 12.2. The zero-order valence-electron chi connectivity index (χ0n) is 16.6. The van der Waals surface area contributed by atoms with Crippen molar-refractivity contribution >= 4 is 52.1 Å². The predicted molar refractivity (Wildman–Crippen MR) is 125 cm³/mol. The van der Waals surface area contributed by atoms with Crippen molar-refractivity contribution in [1.82, 2.24) is 0 Å². The quantitative estimate of drug-likeness (QED) is 0.401. The van der Waals surface area contributed by atoms with E-state index in [9.17, 15) is 4.79 Å². The second kappa shape index (κ2) is 10.1. The summed E-state index contributed by atoms with van der Waals surface area (Å²) in [5.41, 5.74) is 4.83. The molecule has 0 aliphatic rings. The zero-order valence-corrected chi connectivity index (χ0v) is 18.8. The number of benzene rings is 3. The monoisotopic (exact) mass is 462 g/mol. The summed E-state index contributed by atoms with van der Waals surface area (Å²) in [5, 5.41) is 7.50. The molecule has 3 aromatic carbocycles. The Balaban J connectivity index is 1.53. The maximum atomic E-state index is 12.2. The number of carbonyl (C=O) groups is 1. The fraction of sp³-hybridized carbons (Fsp3) is 0.174. The van der Waals surface area contributed by atoms with Gasteiger partial charge in [-0.1, -0.05) is 46.9 Å². The predicted octanol–water partition coefficient (Wildman–Crippen LogP) is 6.89. The number of aryl methyl sites for hydroxylation is 2. The van der Waals surface area contributed by atoms with Crippen LogP contribution in [-0.2, 0) is 11.3 Å². The van der Waals surface area contributed by atoms with Crippen molar-refractivity contribution in [3.63, 3.8) is 0 Å². The van der Waals surface area contributed by atoms with Crippen LogP contribution in [0.4, 0.5) is 11.4 Å². The number of amides is 1.